The van der Waals surface area contributed by atoms with Crippen molar-refractivity contribution in [2.24, 2.45) is 0 Å². The Morgan fingerprint density at radius 2 is 1.91 bits per heavy atom. The molecule has 0 saturated heterocycles. The lowest BCUT2D eigenvalue weighted by Gasteiger charge is -2.11. The highest BCUT2D eigenvalue weighted by Crippen LogP contribution is 2.19. The van der Waals surface area contributed by atoms with E-state index in [1.165, 1.54) is 11.6 Å². The summed E-state index contributed by atoms with van der Waals surface area (Å²) >= 11 is 14.2. The summed E-state index contributed by atoms with van der Waals surface area (Å²) < 4.78 is 14.4. The van der Waals surface area contributed by atoms with Gasteiger partial charge in [0, 0.05) is 16.0 Å². The molecule has 2 rings (SSSR count). The van der Waals surface area contributed by atoms with Crippen LogP contribution in [0.2, 0.25) is 5.02 Å². The lowest BCUT2D eigenvalue weighted by atomic mass is 10.1. The van der Waals surface area contributed by atoms with Crippen LogP contribution in [0.3, 0.4) is 0 Å². The summed E-state index contributed by atoms with van der Waals surface area (Å²) in [5.74, 6) is -0.348. The van der Waals surface area contributed by atoms with Crippen LogP contribution < -0.4 is 10.6 Å². The van der Waals surface area contributed by atoms with Gasteiger partial charge >= 0.3 is 0 Å². The minimum Gasteiger partial charge on any atom is -0.362 e. The van der Waals surface area contributed by atoms with E-state index < -0.39 is 0 Å². The molecule has 0 aliphatic carbocycles. The molecule has 0 radical (unpaired) electrons. The highest BCUT2D eigenvalue weighted by molar-refractivity contribution is 9.10. The number of thiocarbonyl (C=S) groups is 1. The van der Waals surface area contributed by atoms with E-state index in [0.717, 1.165) is 17.9 Å². The molecule has 0 aliphatic rings. The Balaban J connectivity index is 1.72. The normalized spacial score (nSPS) is 10.3. The summed E-state index contributed by atoms with van der Waals surface area (Å²) in [6, 6.07) is 12.6. The summed E-state index contributed by atoms with van der Waals surface area (Å²) in [5.41, 5.74) is 1.59. The fraction of sp³-hybridized carbons (Fsp3) is 0.188. The predicted molar refractivity (Wildman–Crippen MR) is 98.1 cm³/mol. The molecular weight excluding hydrogens is 387 g/mol. The third-order valence-electron chi connectivity index (χ3n) is 3.02. The van der Waals surface area contributed by atoms with Crippen LogP contribution >= 0.6 is 39.7 Å². The van der Waals surface area contributed by atoms with Gasteiger partial charge in [0.25, 0.3) is 0 Å². The molecule has 22 heavy (non-hydrogen) atoms. The second-order valence-electron chi connectivity index (χ2n) is 4.74. The number of hydrogen-bond donors (Lipinski definition) is 2. The molecule has 6 heteroatoms. The molecule has 0 atom stereocenters. The predicted octanol–water partition coefficient (Wildman–Crippen LogP) is 5.16. The van der Waals surface area contributed by atoms with Gasteiger partial charge in [-0.3, -0.25) is 0 Å². The minimum absolute atomic E-state index is 0.348. The highest BCUT2D eigenvalue weighted by atomic mass is 79.9. The molecule has 0 aliphatic heterocycles. The molecule has 0 heterocycles. The zero-order valence-electron chi connectivity index (χ0n) is 11.7. The number of halogens is 3. The summed E-state index contributed by atoms with van der Waals surface area (Å²) in [5, 5.41) is 7.07. The first-order valence-corrected chi connectivity index (χ1v) is 8.37. The Morgan fingerprint density at radius 1 is 1.18 bits per heavy atom. The van der Waals surface area contributed by atoms with E-state index in [0.29, 0.717) is 21.8 Å². The number of benzene rings is 2. The fourth-order valence-electron chi connectivity index (χ4n) is 1.90. The van der Waals surface area contributed by atoms with Crippen LogP contribution in [-0.4, -0.2) is 11.7 Å². The first-order chi connectivity index (χ1) is 10.5. The van der Waals surface area contributed by atoms with Gasteiger partial charge in [0.15, 0.2) is 5.11 Å². The molecule has 2 aromatic carbocycles. The third-order valence-corrected chi connectivity index (χ3v) is 4.01. The standard InChI is InChI=1S/C16H15BrClFN2S/c17-12-5-8-15(14(19)10-12)21-16(22)20-9-1-2-11-3-6-13(18)7-4-11/h3-8,10H,1-2,9H2,(H2,20,21,22). The molecule has 2 nitrogen and oxygen atoms in total. The van der Waals surface area contributed by atoms with E-state index in [9.17, 15) is 4.39 Å². The molecule has 0 aromatic heterocycles. The van der Waals surface area contributed by atoms with Crippen LogP contribution in [0.1, 0.15) is 12.0 Å². The fourth-order valence-corrected chi connectivity index (χ4v) is 2.57. The van der Waals surface area contributed by atoms with Crippen molar-refractivity contribution in [2.45, 2.75) is 12.8 Å². The maximum atomic E-state index is 13.7. The number of aryl methyl sites for hydroxylation is 1. The lowest BCUT2D eigenvalue weighted by molar-refractivity contribution is 0.631. The van der Waals surface area contributed by atoms with Gasteiger partial charge in [-0.1, -0.05) is 39.7 Å². The Hall–Kier alpha value is -1.17. The SMILES string of the molecule is Fc1cc(Br)ccc1NC(=S)NCCCc1ccc(Cl)cc1. The van der Waals surface area contributed by atoms with Gasteiger partial charge in [0.1, 0.15) is 5.82 Å². The summed E-state index contributed by atoms with van der Waals surface area (Å²) in [6.45, 7) is 0.715. The van der Waals surface area contributed by atoms with Gasteiger partial charge in [-0.15, -0.1) is 0 Å². The van der Waals surface area contributed by atoms with Crippen molar-refractivity contribution >= 4 is 50.5 Å². The maximum absolute atomic E-state index is 13.7. The molecule has 2 aromatic rings. The minimum atomic E-state index is -0.348. The molecular formula is C16H15BrClFN2S. The van der Waals surface area contributed by atoms with E-state index >= 15 is 0 Å². The Kier molecular flexibility index (Phi) is 6.61. The van der Waals surface area contributed by atoms with Gasteiger partial charge < -0.3 is 10.6 Å². The Morgan fingerprint density at radius 3 is 2.59 bits per heavy atom. The van der Waals surface area contributed by atoms with Crippen molar-refractivity contribution in [2.75, 3.05) is 11.9 Å². The van der Waals surface area contributed by atoms with Crippen molar-refractivity contribution in [3.63, 3.8) is 0 Å². The van der Waals surface area contributed by atoms with Crippen molar-refractivity contribution in [3.05, 3.63) is 63.3 Å². The van der Waals surface area contributed by atoms with Gasteiger partial charge in [0.05, 0.1) is 5.69 Å². The molecule has 2 N–H and O–H groups in total. The van der Waals surface area contributed by atoms with Gasteiger partial charge in [-0.05, 0) is 61.0 Å². The Labute approximate surface area is 148 Å². The van der Waals surface area contributed by atoms with Crippen molar-refractivity contribution in [1.29, 1.82) is 0 Å². The van der Waals surface area contributed by atoms with Crippen LogP contribution in [0.25, 0.3) is 0 Å². The van der Waals surface area contributed by atoms with Crippen molar-refractivity contribution < 1.29 is 4.39 Å². The van der Waals surface area contributed by atoms with Crippen molar-refractivity contribution in [1.82, 2.24) is 5.32 Å². The highest BCUT2D eigenvalue weighted by Gasteiger charge is 2.04. The number of hydrogen-bond acceptors (Lipinski definition) is 1. The van der Waals surface area contributed by atoms with Crippen LogP contribution in [-0.2, 0) is 6.42 Å². The van der Waals surface area contributed by atoms with E-state index in [4.69, 9.17) is 23.8 Å². The largest absolute Gasteiger partial charge is 0.362 e. The molecule has 0 saturated carbocycles. The first kappa shape index (κ1) is 17.2. The molecule has 0 bridgehead atoms. The molecule has 0 amide bonds. The number of anilines is 1. The molecule has 0 unspecified atom stereocenters. The zero-order valence-corrected chi connectivity index (χ0v) is 14.9. The Bertz CT molecular complexity index is 649. The molecule has 0 fully saturated rings. The monoisotopic (exact) mass is 400 g/mol. The van der Waals surface area contributed by atoms with Crippen molar-refractivity contribution in [3.8, 4) is 0 Å². The smallest absolute Gasteiger partial charge is 0.170 e. The van der Waals surface area contributed by atoms with Crippen LogP contribution in [0.5, 0.6) is 0 Å². The van der Waals surface area contributed by atoms with Crippen LogP contribution in [0.4, 0.5) is 10.1 Å². The summed E-state index contributed by atoms with van der Waals surface area (Å²) in [4.78, 5) is 0. The summed E-state index contributed by atoms with van der Waals surface area (Å²) in [6.07, 6.45) is 1.85. The molecule has 0 spiro atoms. The average Bonchev–Trinajstić information content (AvgIpc) is 2.48. The summed E-state index contributed by atoms with van der Waals surface area (Å²) in [7, 11) is 0. The third kappa shape index (κ3) is 5.55. The van der Waals surface area contributed by atoms with E-state index in [-0.39, 0.29) is 5.82 Å². The quantitative estimate of drug-likeness (QED) is 0.534. The first-order valence-electron chi connectivity index (χ1n) is 6.79. The average molecular weight is 402 g/mol. The topological polar surface area (TPSA) is 24.1 Å². The van der Waals surface area contributed by atoms with Gasteiger partial charge in [-0.25, -0.2) is 4.39 Å². The van der Waals surface area contributed by atoms with Crippen LogP contribution in [0, 0.1) is 5.82 Å². The second kappa shape index (κ2) is 8.46. The zero-order chi connectivity index (χ0) is 15.9. The lowest BCUT2D eigenvalue weighted by Crippen LogP contribution is -2.29. The van der Waals surface area contributed by atoms with Gasteiger partial charge in [0.2, 0.25) is 0 Å². The van der Waals surface area contributed by atoms with Gasteiger partial charge in [-0.2, -0.15) is 0 Å². The van der Waals surface area contributed by atoms with E-state index in [2.05, 4.69) is 26.6 Å². The van der Waals surface area contributed by atoms with Crippen LogP contribution in [0.15, 0.2) is 46.9 Å². The number of rotatable bonds is 5. The van der Waals surface area contributed by atoms with E-state index in [1.807, 2.05) is 24.3 Å². The number of nitrogens with one attached hydrogen (secondary N) is 2. The second-order valence-corrected chi connectivity index (χ2v) is 6.50. The molecule has 116 valence electrons. The van der Waals surface area contributed by atoms with E-state index in [1.54, 1.807) is 12.1 Å². The maximum Gasteiger partial charge on any atom is 0.170 e.